The van der Waals surface area contributed by atoms with E-state index >= 15 is 0 Å². The third kappa shape index (κ3) is 2.64. The molecule has 110 valence electrons. The molecule has 0 aliphatic carbocycles. The number of nitrogens with two attached hydrogens (primary N) is 1. The number of hydrogen-bond donors (Lipinski definition) is 1. The van der Waals surface area contributed by atoms with E-state index in [1.54, 1.807) is 0 Å². The summed E-state index contributed by atoms with van der Waals surface area (Å²) in [5, 5.41) is 2.44. The minimum absolute atomic E-state index is 0.123. The Morgan fingerprint density at radius 2 is 2.05 bits per heavy atom. The normalized spacial score (nSPS) is 21.3. The van der Waals surface area contributed by atoms with Crippen molar-refractivity contribution in [3.63, 3.8) is 0 Å². The Labute approximate surface area is 124 Å². The van der Waals surface area contributed by atoms with E-state index in [0.717, 1.165) is 6.54 Å². The van der Waals surface area contributed by atoms with Crippen molar-refractivity contribution >= 4 is 16.7 Å². The van der Waals surface area contributed by atoms with Crippen LogP contribution in [0.1, 0.15) is 18.5 Å². The van der Waals surface area contributed by atoms with Crippen molar-refractivity contribution < 1.29 is 9.53 Å². The predicted molar refractivity (Wildman–Crippen MR) is 82.9 cm³/mol. The molecule has 3 rings (SSSR count). The molecule has 1 amide bonds. The number of primary amides is 1. The van der Waals surface area contributed by atoms with Gasteiger partial charge in [-0.1, -0.05) is 42.5 Å². The lowest BCUT2D eigenvalue weighted by atomic mass is 9.97. The third-order valence-electron chi connectivity index (χ3n) is 4.27. The van der Waals surface area contributed by atoms with Crippen LogP contribution in [0.15, 0.2) is 42.5 Å². The fourth-order valence-corrected chi connectivity index (χ4v) is 3.12. The van der Waals surface area contributed by atoms with Crippen molar-refractivity contribution in [3.05, 3.63) is 48.0 Å². The number of nitrogens with zero attached hydrogens (tertiary/aromatic N) is 1. The van der Waals surface area contributed by atoms with Crippen LogP contribution in [-0.4, -0.2) is 36.6 Å². The van der Waals surface area contributed by atoms with Crippen LogP contribution in [0.5, 0.6) is 0 Å². The second kappa shape index (κ2) is 5.84. The Morgan fingerprint density at radius 1 is 1.29 bits per heavy atom. The van der Waals surface area contributed by atoms with E-state index in [0.29, 0.717) is 13.2 Å². The summed E-state index contributed by atoms with van der Waals surface area (Å²) in [7, 11) is 0. The molecule has 0 saturated carbocycles. The van der Waals surface area contributed by atoms with Crippen molar-refractivity contribution in [1.29, 1.82) is 0 Å². The number of ether oxygens (including phenoxy) is 1. The molecule has 4 nitrogen and oxygen atoms in total. The highest BCUT2D eigenvalue weighted by molar-refractivity contribution is 5.86. The standard InChI is InChI=1S/C17H20N2O2/c1-12(19-9-10-21-11-16(19)17(18)20)14-8-4-6-13-5-2-3-7-15(13)14/h2-8,12,16H,9-11H2,1H3,(H2,18,20)/t12-,16?/m1/s1. The van der Waals surface area contributed by atoms with Crippen LogP contribution < -0.4 is 5.73 Å². The fraction of sp³-hybridized carbons (Fsp3) is 0.353. The minimum atomic E-state index is -0.354. The largest absolute Gasteiger partial charge is 0.378 e. The number of morpholine rings is 1. The number of hydrogen-bond acceptors (Lipinski definition) is 3. The smallest absolute Gasteiger partial charge is 0.237 e. The summed E-state index contributed by atoms with van der Waals surface area (Å²) in [6.07, 6.45) is 0. The van der Waals surface area contributed by atoms with Gasteiger partial charge < -0.3 is 10.5 Å². The van der Waals surface area contributed by atoms with Gasteiger partial charge in [0.05, 0.1) is 13.2 Å². The van der Waals surface area contributed by atoms with Crippen molar-refractivity contribution in [2.45, 2.75) is 19.0 Å². The van der Waals surface area contributed by atoms with Crippen molar-refractivity contribution in [2.75, 3.05) is 19.8 Å². The predicted octanol–water partition coefficient (Wildman–Crippen LogP) is 2.09. The molecule has 1 aliphatic heterocycles. The molecule has 0 aromatic heterocycles. The van der Waals surface area contributed by atoms with Gasteiger partial charge in [0.1, 0.15) is 6.04 Å². The number of fused-ring (bicyclic) bond motifs is 1. The van der Waals surface area contributed by atoms with Gasteiger partial charge in [0, 0.05) is 12.6 Å². The maximum atomic E-state index is 11.7. The second-order valence-electron chi connectivity index (χ2n) is 5.48. The van der Waals surface area contributed by atoms with Gasteiger partial charge in [-0.2, -0.15) is 0 Å². The van der Waals surface area contributed by atoms with Gasteiger partial charge in [-0.05, 0) is 23.3 Å². The molecule has 1 unspecified atom stereocenters. The summed E-state index contributed by atoms with van der Waals surface area (Å²) in [6.45, 7) is 3.87. The summed E-state index contributed by atoms with van der Waals surface area (Å²) in [4.78, 5) is 13.8. The van der Waals surface area contributed by atoms with E-state index in [1.165, 1.54) is 16.3 Å². The Kier molecular flexibility index (Phi) is 3.90. The summed E-state index contributed by atoms with van der Waals surface area (Å²) in [6, 6.07) is 14.4. The summed E-state index contributed by atoms with van der Waals surface area (Å²) >= 11 is 0. The summed E-state index contributed by atoms with van der Waals surface area (Å²) in [5.41, 5.74) is 6.75. The van der Waals surface area contributed by atoms with Crippen molar-refractivity contribution in [3.8, 4) is 0 Å². The third-order valence-corrected chi connectivity index (χ3v) is 4.27. The first-order valence-corrected chi connectivity index (χ1v) is 7.29. The maximum Gasteiger partial charge on any atom is 0.237 e. The van der Waals surface area contributed by atoms with E-state index in [1.807, 2.05) is 12.1 Å². The highest BCUT2D eigenvalue weighted by atomic mass is 16.5. The van der Waals surface area contributed by atoms with Gasteiger partial charge in [-0.25, -0.2) is 0 Å². The summed E-state index contributed by atoms with van der Waals surface area (Å²) in [5.74, 6) is -0.318. The minimum Gasteiger partial charge on any atom is -0.378 e. The Hall–Kier alpha value is -1.91. The molecule has 0 spiro atoms. The Morgan fingerprint density at radius 3 is 2.86 bits per heavy atom. The molecule has 21 heavy (non-hydrogen) atoms. The molecule has 2 aromatic rings. The van der Waals surface area contributed by atoms with Crippen LogP contribution in [0.2, 0.25) is 0 Å². The topological polar surface area (TPSA) is 55.6 Å². The van der Waals surface area contributed by atoms with Crippen LogP contribution >= 0.6 is 0 Å². The fourth-order valence-electron chi connectivity index (χ4n) is 3.12. The first-order chi connectivity index (χ1) is 10.2. The number of rotatable bonds is 3. The van der Waals surface area contributed by atoms with E-state index in [-0.39, 0.29) is 18.0 Å². The zero-order valence-electron chi connectivity index (χ0n) is 12.2. The van der Waals surface area contributed by atoms with Crippen LogP contribution in [0.3, 0.4) is 0 Å². The van der Waals surface area contributed by atoms with Gasteiger partial charge in [0.25, 0.3) is 0 Å². The van der Waals surface area contributed by atoms with Gasteiger partial charge in [0.2, 0.25) is 5.91 Å². The Bertz CT molecular complexity index is 651. The maximum absolute atomic E-state index is 11.7. The molecule has 1 fully saturated rings. The number of benzene rings is 2. The van der Waals surface area contributed by atoms with Crippen molar-refractivity contribution in [2.24, 2.45) is 5.73 Å². The lowest BCUT2D eigenvalue weighted by molar-refractivity contribution is -0.131. The molecule has 2 atom stereocenters. The Balaban J connectivity index is 1.99. The highest BCUT2D eigenvalue weighted by Gasteiger charge is 2.32. The van der Waals surface area contributed by atoms with E-state index in [9.17, 15) is 4.79 Å². The van der Waals surface area contributed by atoms with Gasteiger partial charge in [0.15, 0.2) is 0 Å². The number of carbonyl (C=O) groups excluding carboxylic acids is 1. The van der Waals surface area contributed by atoms with Crippen LogP contribution in [0, 0.1) is 0 Å². The molecular weight excluding hydrogens is 264 g/mol. The van der Waals surface area contributed by atoms with Crippen LogP contribution in [0.4, 0.5) is 0 Å². The second-order valence-corrected chi connectivity index (χ2v) is 5.48. The van der Waals surface area contributed by atoms with Crippen LogP contribution in [0.25, 0.3) is 10.8 Å². The molecule has 1 aliphatic rings. The molecule has 2 N–H and O–H groups in total. The first kappa shape index (κ1) is 14.0. The first-order valence-electron chi connectivity index (χ1n) is 7.29. The molecule has 0 bridgehead atoms. The van der Waals surface area contributed by atoms with Crippen molar-refractivity contribution in [1.82, 2.24) is 4.90 Å². The number of carbonyl (C=O) groups is 1. The summed E-state index contributed by atoms with van der Waals surface area (Å²) < 4.78 is 5.40. The number of amides is 1. The SMILES string of the molecule is C[C@H](c1cccc2ccccc12)N1CCOCC1C(N)=O. The monoisotopic (exact) mass is 284 g/mol. The average molecular weight is 284 g/mol. The molecule has 0 radical (unpaired) electrons. The average Bonchev–Trinajstić information content (AvgIpc) is 2.53. The van der Waals surface area contributed by atoms with Gasteiger partial charge in [-0.3, -0.25) is 9.69 Å². The van der Waals surface area contributed by atoms with Gasteiger partial charge in [-0.15, -0.1) is 0 Å². The molecule has 2 aromatic carbocycles. The lowest BCUT2D eigenvalue weighted by Gasteiger charge is -2.38. The zero-order chi connectivity index (χ0) is 14.8. The van der Waals surface area contributed by atoms with E-state index < -0.39 is 0 Å². The molecular formula is C17H20N2O2. The quantitative estimate of drug-likeness (QED) is 0.939. The van der Waals surface area contributed by atoms with Crippen LogP contribution in [-0.2, 0) is 9.53 Å². The lowest BCUT2D eigenvalue weighted by Crippen LogP contribution is -2.53. The molecule has 4 heteroatoms. The van der Waals surface area contributed by atoms with E-state index in [2.05, 4.69) is 42.2 Å². The zero-order valence-corrected chi connectivity index (χ0v) is 12.2. The highest BCUT2D eigenvalue weighted by Crippen LogP contribution is 2.30. The van der Waals surface area contributed by atoms with Gasteiger partial charge >= 0.3 is 0 Å². The molecule has 1 heterocycles. The van der Waals surface area contributed by atoms with E-state index in [4.69, 9.17) is 10.5 Å². The molecule has 1 saturated heterocycles.